The smallest absolute Gasteiger partial charge is 0.756 e. The van der Waals surface area contributed by atoms with Gasteiger partial charge in [-0.05, 0) is 13.8 Å². The maximum Gasteiger partial charge on any atom is 1.00 e. The largest absolute Gasteiger partial charge is 1.00 e. The van der Waals surface area contributed by atoms with Gasteiger partial charge in [-0.25, -0.2) is 0 Å². The van der Waals surface area contributed by atoms with Gasteiger partial charge >= 0.3 is 16.8 Å². The quantitative estimate of drug-likeness (QED) is 0.637. The molecule has 0 rings (SSSR count). The molecule has 0 saturated carbocycles. The first-order chi connectivity index (χ1) is 4.12. The first-order valence-corrected chi connectivity index (χ1v) is 4.18. The summed E-state index contributed by atoms with van der Waals surface area (Å²) < 4.78 is 18.9. The molecule has 0 atom stereocenters. The Bertz CT molecular complexity index is 108. The molecule has 0 aliphatic rings. The Morgan fingerprint density at radius 1 is 1.30 bits per heavy atom. The molecular weight excluding hydrogens is 202 g/mol. The fourth-order valence-electron chi connectivity index (χ4n) is 0.353. The van der Waals surface area contributed by atoms with Gasteiger partial charge in [0.15, 0.2) is 0 Å². The van der Waals surface area contributed by atoms with Gasteiger partial charge in [0.25, 0.3) is 7.82 Å². The molecule has 0 fully saturated rings. The van der Waals surface area contributed by atoms with Crippen molar-refractivity contribution in [1.82, 2.24) is 0 Å². The Labute approximate surface area is 70.7 Å². The normalized spacial score (nSPS) is 10.7. The van der Waals surface area contributed by atoms with Crippen molar-refractivity contribution in [3.8, 4) is 0 Å². The molecule has 64 valence electrons. The van der Waals surface area contributed by atoms with Gasteiger partial charge in [-0.3, -0.25) is 4.57 Å². The Hall–Kier alpha value is 0.616. The molecule has 0 aromatic rings. The zero-order valence-corrected chi connectivity index (χ0v) is 7.76. The number of phosphoric acid groups is 1. The Kier molecular flexibility index (Phi) is 8.38. The summed E-state index contributed by atoms with van der Waals surface area (Å²) in [5, 5.41) is 0. The predicted molar refractivity (Wildman–Crippen MR) is 30.9 cm³/mol. The second kappa shape index (κ2) is 6.33. The van der Waals surface area contributed by atoms with Crippen LogP contribution in [-0.2, 0) is 30.4 Å². The molecule has 0 aliphatic heterocycles. The van der Waals surface area contributed by atoms with Gasteiger partial charge in [0.2, 0.25) is 0 Å². The van der Waals surface area contributed by atoms with Crippen LogP contribution in [0, 0.1) is 0 Å². The van der Waals surface area contributed by atoms with Crippen LogP contribution in [0.3, 0.4) is 0 Å². The standard InChI is InChI=1S/C4H11O4P.Co/c1-3-7-9(5,6)8-4-2;/h3-4H2,1-2H3,(H,5,6);/q;+1/p-1. The maximum absolute atomic E-state index is 10.4. The zero-order valence-electron chi connectivity index (χ0n) is 5.83. The van der Waals surface area contributed by atoms with Gasteiger partial charge < -0.3 is 13.9 Å². The van der Waals surface area contributed by atoms with Crippen LogP contribution in [0.4, 0.5) is 0 Å². The third kappa shape index (κ3) is 6.73. The van der Waals surface area contributed by atoms with Crippen molar-refractivity contribution in [1.29, 1.82) is 0 Å². The van der Waals surface area contributed by atoms with Crippen molar-refractivity contribution in [2.24, 2.45) is 0 Å². The fourth-order valence-corrected chi connectivity index (χ4v) is 1.06. The van der Waals surface area contributed by atoms with E-state index in [9.17, 15) is 9.46 Å². The van der Waals surface area contributed by atoms with Gasteiger partial charge in [-0.2, -0.15) is 0 Å². The van der Waals surface area contributed by atoms with E-state index in [0.29, 0.717) is 0 Å². The summed E-state index contributed by atoms with van der Waals surface area (Å²) in [4.78, 5) is 10.4. The third-order valence-corrected chi connectivity index (χ3v) is 1.72. The van der Waals surface area contributed by atoms with Gasteiger partial charge in [0, 0.05) is 0 Å². The molecule has 0 N–H and O–H groups in total. The van der Waals surface area contributed by atoms with Gasteiger partial charge in [0.1, 0.15) is 0 Å². The molecule has 0 spiro atoms. The second-order valence-electron chi connectivity index (χ2n) is 1.28. The Balaban J connectivity index is 0. The predicted octanol–water partition coefficient (Wildman–Crippen LogP) is 0.525. The molecule has 0 aliphatic carbocycles. The van der Waals surface area contributed by atoms with Crippen LogP contribution in [0.15, 0.2) is 0 Å². The third-order valence-electron chi connectivity index (χ3n) is 0.574. The molecule has 6 heteroatoms. The maximum atomic E-state index is 10.4. The van der Waals surface area contributed by atoms with Crippen LogP contribution in [0.5, 0.6) is 0 Å². The number of rotatable bonds is 4. The fraction of sp³-hybridized carbons (Fsp3) is 1.00. The number of hydrogen-bond acceptors (Lipinski definition) is 4. The van der Waals surface area contributed by atoms with Crippen molar-refractivity contribution >= 4 is 7.82 Å². The topological polar surface area (TPSA) is 58.6 Å². The van der Waals surface area contributed by atoms with Crippen LogP contribution in [-0.4, -0.2) is 13.2 Å². The van der Waals surface area contributed by atoms with Gasteiger partial charge in [-0.15, -0.1) is 0 Å². The van der Waals surface area contributed by atoms with E-state index in [1.807, 2.05) is 0 Å². The summed E-state index contributed by atoms with van der Waals surface area (Å²) in [5.41, 5.74) is 0. The summed E-state index contributed by atoms with van der Waals surface area (Å²) in [7, 11) is -3.94. The summed E-state index contributed by atoms with van der Waals surface area (Å²) in [6, 6.07) is 0. The van der Waals surface area contributed by atoms with E-state index >= 15 is 0 Å². The average Bonchev–Trinajstić information content (AvgIpc) is 1.64. The second-order valence-corrected chi connectivity index (χ2v) is 2.69. The van der Waals surface area contributed by atoms with Gasteiger partial charge in [-0.1, -0.05) is 0 Å². The molecule has 0 amide bonds. The average molecular weight is 212 g/mol. The molecule has 4 nitrogen and oxygen atoms in total. The van der Waals surface area contributed by atoms with Crippen LogP contribution in [0.2, 0.25) is 0 Å². The summed E-state index contributed by atoms with van der Waals surface area (Å²) in [6.07, 6.45) is 0. The van der Waals surface area contributed by atoms with Crippen molar-refractivity contribution in [3.05, 3.63) is 0 Å². The minimum absolute atomic E-state index is 0. The summed E-state index contributed by atoms with van der Waals surface area (Å²) >= 11 is 0. The van der Waals surface area contributed by atoms with Crippen molar-refractivity contribution in [3.63, 3.8) is 0 Å². The van der Waals surface area contributed by atoms with Crippen LogP contribution in [0.1, 0.15) is 13.8 Å². The Morgan fingerprint density at radius 2 is 1.60 bits per heavy atom. The number of phosphoric ester groups is 1. The molecular formula is C4H10CoO4P. The molecule has 0 unspecified atom stereocenters. The van der Waals surface area contributed by atoms with Crippen LogP contribution < -0.4 is 4.89 Å². The summed E-state index contributed by atoms with van der Waals surface area (Å²) in [6.45, 7) is 3.43. The summed E-state index contributed by atoms with van der Waals surface area (Å²) in [5.74, 6) is 0. The van der Waals surface area contributed by atoms with Gasteiger partial charge in [0.05, 0.1) is 13.2 Å². The first kappa shape index (κ1) is 13.2. The molecule has 0 radical (unpaired) electrons. The van der Waals surface area contributed by atoms with Crippen LogP contribution in [0.25, 0.3) is 0 Å². The van der Waals surface area contributed by atoms with E-state index in [0.717, 1.165) is 0 Å². The van der Waals surface area contributed by atoms with Crippen molar-refractivity contribution in [2.45, 2.75) is 13.8 Å². The van der Waals surface area contributed by atoms with E-state index in [1.165, 1.54) is 0 Å². The van der Waals surface area contributed by atoms with Crippen LogP contribution >= 0.6 is 7.82 Å². The molecule has 10 heavy (non-hydrogen) atoms. The SMILES string of the molecule is CCOP(=O)([O-])OCC.[Co+]. The molecule has 0 heterocycles. The molecule has 0 aromatic carbocycles. The molecule has 0 aromatic heterocycles. The minimum Gasteiger partial charge on any atom is -0.756 e. The van der Waals surface area contributed by atoms with Crippen molar-refractivity contribution < 1.29 is 35.3 Å². The van der Waals surface area contributed by atoms with E-state index in [4.69, 9.17) is 0 Å². The van der Waals surface area contributed by atoms with E-state index in [1.54, 1.807) is 13.8 Å². The molecule has 0 bridgehead atoms. The minimum atomic E-state index is -3.94. The number of hydrogen-bond donors (Lipinski definition) is 0. The van der Waals surface area contributed by atoms with Crippen molar-refractivity contribution in [2.75, 3.05) is 13.2 Å². The monoisotopic (exact) mass is 212 g/mol. The van der Waals surface area contributed by atoms with E-state index in [2.05, 4.69) is 9.05 Å². The first-order valence-electron chi connectivity index (χ1n) is 2.72. The zero-order chi connectivity index (χ0) is 7.33. The van der Waals surface area contributed by atoms with E-state index < -0.39 is 7.82 Å². The Morgan fingerprint density at radius 3 is 1.80 bits per heavy atom. The van der Waals surface area contributed by atoms with E-state index in [-0.39, 0.29) is 30.0 Å². The molecule has 0 saturated heterocycles.